The van der Waals surface area contributed by atoms with E-state index in [1.807, 2.05) is 54.9 Å². The predicted octanol–water partition coefficient (Wildman–Crippen LogP) is 2.30. The molecule has 0 bridgehead atoms. The molecule has 4 nitrogen and oxygen atoms in total. The maximum Gasteiger partial charge on any atom is 0.323 e. The van der Waals surface area contributed by atoms with Gasteiger partial charge in [-0.05, 0) is 24.1 Å². The number of aromatic amines is 1. The normalized spacial score (nSPS) is 10.8. The van der Waals surface area contributed by atoms with E-state index in [-0.39, 0.29) is 6.61 Å². The molecular weight excluding hydrogens is 252 g/mol. The van der Waals surface area contributed by atoms with Crippen molar-refractivity contribution >= 4 is 5.97 Å². The topological polar surface area (TPSA) is 68.1 Å². The first-order valence-corrected chi connectivity index (χ1v) is 6.39. The van der Waals surface area contributed by atoms with Crippen LogP contribution in [0.4, 0.5) is 0 Å². The number of rotatable bonds is 5. The number of nitrogens with one attached hydrogen (secondary N) is 1. The standard InChI is InChI=1S/C12H15NO2.C4H5N/c1-2-8-15-12(14)11(13)9-10-6-4-3-5-7-10;1-2-4-5-3-1/h2-7,11H,1,8-9,13H2;1-5H. The summed E-state index contributed by atoms with van der Waals surface area (Å²) >= 11 is 0. The van der Waals surface area contributed by atoms with Crippen LogP contribution in [0, 0.1) is 0 Å². The molecule has 1 unspecified atom stereocenters. The summed E-state index contributed by atoms with van der Waals surface area (Å²) in [5.74, 6) is -0.390. The van der Waals surface area contributed by atoms with Gasteiger partial charge in [0.15, 0.2) is 0 Å². The van der Waals surface area contributed by atoms with Crippen LogP contribution in [0.3, 0.4) is 0 Å². The number of carbonyl (C=O) groups is 1. The van der Waals surface area contributed by atoms with Crippen molar-refractivity contribution in [2.45, 2.75) is 12.5 Å². The van der Waals surface area contributed by atoms with Crippen LogP contribution in [0.1, 0.15) is 5.56 Å². The van der Waals surface area contributed by atoms with Crippen molar-refractivity contribution in [3.63, 3.8) is 0 Å². The third-order valence-electron chi connectivity index (χ3n) is 2.44. The fourth-order valence-corrected chi connectivity index (χ4v) is 1.48. The average molecular weight is 272 g/mol. The molecule has 0 aliphatic heterocycles. The summed E-state index contributed by atoms with van der Waals surface area (Å²) in [6.07, 6.45) is 5.77. The van der Waals surface area contributed by atoms with Gasteiger partial charge in [-0.2, -0.15) is 0 Å². The lowest BCUT2D eigenvalue weighted by Gasteiger charge is -2.10. The van der Waals surface area contributed by atoms with Crippen molar-refractivity contribution < 1.29 is 9.53 Å². The highest BCUT2D eigenvalue weighted by Gasteiger charge is 2.14. The van der Waals surface area contributed by atoms with Gasteiger partial charge in [0.25, 0.3) is 0 Å². The van der Waals surface area contributed by atoms with Crippen LogP contribution in [-0.2, 0) is 16.0 Å². The van der Waals surface area contributed by atoms with Crippen molar-refractivity contribution in [1.82, 2.24) is 4.98 Å². The summed E-state index contributed by atoms with van der Waals surface area (Å²) in [5.41, 5.74) is 6.71. The Morgan fingerprint density at radius 2 is 1.90 bits per heavy atom. The highest BCUT2D eigenvalue weighted by molar-refractivity contribution is 5.75. The van der Waals surface area contributed by atoms with E-state index < -0.39 is 12.0 Å². The van der Waals surface area contributed by atoms with E-state index >= 15 is 0 Å². The molecule has 106 valence electrons. The molecule has 0 aliphatic rings. The number of ether oxygens (including phenoxy) is 1. The second-order valence-corrected chi connectivity index (χ2v) is 4.10. The molecule has 1 aromatic carbocycles. The monoisotopic (exact) mass is 272 g/mol. The quantitative estimate of drug-likeness (QED) is 0.648. The molecule has 1 heterocycles. The van der Waals surface area contributed by atoms with Gasteiger partial charge in [0.1, 0.15) is 12.6 Å². The summed E-state index contributed by atoms with van der Waals surface area (Å²) in [4.78, 5) is 14.2. The van der Waals surface area contributed by atoms with Gasteiger partial charge < -0.3 is 15.5 Å². The van der Waals surface area contributed by atoms with Crippen LogP contribution in [0.25, 0.3) is 0 Å². The molecular formula is C16H20N2O2. The van der Waals surface area contributed by atoms with Gasteiger partial charge in [-0.15, -0.1) is 0 Å². The summed E-state index contributed by atoms with van der Waals surface area (Å²) in [6, 6.07) is 12.9. The molecule has 0 radical (unpaired) electrons. The zero-order valence-electron chi connectivity index (χ0n) is 11.4. The largest absolute Gasteiger partial charge is 0.460 e. The summed E-state index contributed by atoms with van der Waals surface area (Å²) in [6.45, 7) is 3.67. The lowest BCUT2D eigenvalue weighted by molar-refractivity contribution is -0.143. The number of hydrogen-bond donors (Lipinski definition) is 2. The Morgan fingerprint density at radius 3 is 2.40 bits per heavy atom. The molecule has 2 rings (SSSR count). The van der Waals surface area contributed by atoms with E-state index in [9.17, 15) is 4.79 Å². The molecule has 0 amide bonds. The third-order valence-corrected chi connectivity index (χ3v) is 2.44. The van der Waals surface area contributed by atoms with Gasteiger partial charge in [0.2, 0.25) is 0 Å². The molecule has 2 aromatic rings. The van der Waals surface area contributed by atoms with E-state index in [2.05, 4.69) is 11.6 Å². The van der Waals surface area contributed by atoms with Gasteiger partial charge in [-0.1, -0.05) is 43.0 Å². The average Bonchev–Trinajstić information content (AvgIpc) is 3.05. The Kier molecular flexibility index (Phi) is 7.53. The molecule has 0 saturated heterocycles. The van der Waals surface area contributed by atoms with E-state index in [0.29, 0.717) is 6.42 Å². The Bertz CT molecular complexity index is 463. The van der Waals surface area contributed by atoms with E-state index in [1.165, 1.54) is 6.08 Å². The van der Waals surface area contributed by atoms with Crippen LogP contribution < -0.4 is 5.73 Å². The van der Waals surface area contributed by atoms with Crippen molar-refractivity contribution in [3.8, 4) is 0 Å². The minimum Gasteiger partial charge on any atom is -0.460 e. The molecule has 3 N–H and O–H groups in total. The van der Waals surface area contributed by atoms with E-state index in [0.717, 1.165) is 5.56 Å². The number of H-pyrrole nitrogens is 1. The van der Waals surface area contributed by atoms with Crippen molar-refractivity contribution in [3.05, 3.63) is 73.1 Å². The predicted molar refractivity (Wildman–Crippen MR) is 80.1 cm³/mol. The molecule has 20 heavy (non-hydrogen) atoms. The van der Waals surface area contributed by atoms with Gasteiger partial charge in [-0.3, -0.25) is 4.79 Å². The van der Waals surface area contributed by atoms with E-state index in [1.54, 1.807) is 0 Å². The lowest BCUT2D eigenvalue weighted by Crippen LogP contribution is -2.34. The maximum atomic E-state index is 11.3. The Hall–Kier alpha value is -2.33. The molecule has 0 spiro atoms. The Balaban J connectivity index is 0.000000333. The number of carbonyl (C=O) groups excluding carboxylic acids is 1. The van der Waals surface area contributed by atoms with Crippen LogP contribution in [0.2, 0.25) is 0 Å². The fraction of sp³-hybridized carbons (Fsp3) is 0.188. The van der Waals surface area contributed by atoms with Crippen LogP contribution in [0.15, 0.2) is 67.5 Å². The van der Waals surface area contributed by atoms with Crippen molar-refractivity contribution in [1.29, 1.82) is 0 Å². The zero-order chi connectivity index (χ0) is 14.6. The highest BCUT2D eigenvalue weighted by atomic mass is 16.5. The summed E-state index contributed by atoms with van der Waals surface area (Å²) in [7, 11) is 0. The molecule has 0 saturated carbocycles. The summed E-state index contributed by atoms with van der Waals surface area (Å²) < 4.78 is 4.84. The number of esters is 1. The Labute approximate surface area is 119 Å². The smallest absolute Gasteiger partial charge is 0.323 e. The Morgan fingerprint density at radius 1 is 1.25 bits per heavy atom. The van der Waals surface area contributed by atoms with Crippen LogP contribution in [-0.4, -0.2) is 23.6 Å². The first-order valence-electron chi connectivity index (χ1n) is 6.39. The van der Waals surface area contributed by atoms with Gasteiger partial charge >= 0.3 is 5.97 Å². The minimum absolute atomic E-state index is 0.210. The number of hydrogen-bond acceptors (Lipinski definition) is 3. The second-order valence-electron chi connectivity index (χ2n) is 4.10. The first kappa shape index (κ1) is 15.7. The molecule has 0 aliphatic carbocycles. The lowest BCUT2D eigenvalue weighted by atomic mass is 10.1. The minimum atomic E-state index is -0.604. The second kappa shape index (κ2) is 9.58. The molecule has 1 atom stereocenters. The maximum absolute atomic E-state index is 11.3. The van der Waals surface area contributed by atoms with Crippen LogP contribution in [0.5, 0.6) is 0 Å². The highest BCUT2D eigenvalue weighted by Crippen LogP contribution is 2.02. The first-order chi connectivity index (χ1) is 9.74. The molecule has 0 fully saturated rings. The summed E-state index contributed by atoms with van der Waals surface area (Å²) in [5, 5.41) is 0. The van der Waals surface area contributed by atoms with Gasteiger partial charge in [0.05, 0.1) is 0 Å². The molecule has 1 aromatic heterocycles. The zero-order valence-corrected chi connectivity index (χ0v) is 11.4. The van der Waals surface area contributed by atoms with E-state index in [4.69, 9.17) is 10.5 Å². The van der Waals surface area contributed by atoms with Crippen molar-refractivity contribution in [2.75, 3.05) is 6.61 Å². The number of benzene rings is 1. The van der Waals surface area contributed by atoms with Crippen molar-refractivity contribution in [2.24, 2.45) is 5.73 Å². The SMILES string of the molecule is C=CCOC(=O)C(N)Cc1ccccc1.c1cc[nH]c1. The number of nitrogens with two attached hydrogens (primary N) is 1. The third kappa shape index (κ3) is 6.56. The van der Waals surface area contributed by atoms with Gasteiger partial charge in [0, 0.05) is 12.4 Å². The molecule has 4 heteroatoms. The van der Waals surface area contributed by atoms with Crippen LogP contribution >= 0.6 is 0 Å². The fourth-order valence-electron chi connectivity index (χ4n) is 1.48. The van der Waals surface area contributed by atoms with Gasteiger partial charge in [-0.25, -0.2) is 0 Å². The number of aromatic nitrogens is 1.